The van der Waals surface area contributed by atoms with E-state index in [4.69, 9.17) is 11.6 Å². The topological polar surface area (TPSA) is 59.8 Å². The van der Waals surface area contributed by atoms with E-state index in [1.54, 1.807) is 36.0 Å². The molecule has 0 saturated carbocycles. The summed E-state index contributed by atoms with van der Waals surface area (Å²) in [6.07, 6.45) is 0. The highest BCUT2D eigenvalue weighted by atomic mass is 35.5. The molecule has 0 aliphatic heterocycles. The Hall–Kier alpha value is -1.96. The molecule has 3 rings (SSSR count). The predicted octanol–water partition coefficient (Wildman–Crippen LogP) is 4.94. The van der Waals surface area contributed by atoms with Crippen molar-refractivity contribution < 1.29 is 4.79 Å². The van der Waals surface area contributed by atoms with E-state index in [1.165, 1.54) is 22.9 Å². The van der Waals surface area contributed by atoms with Gasteiger partial charge < -0.3 is 9.88 Å². The van der Waals surface area contributed by atoms with Gasteiger partial charge in [-0.15, -0.1) is 22.0 Å². The Labute approximate surface area is 178 Å². The molecule has 3 aromatic rings. The quantitative estimate of drug-likeness (QED) is 0.511. The van der Waals surface area contributed by atoms with Gasteiger partial charge in [0.25, 0.3) is 0 Å². The average molecular weight is 433 g/mol. The Morgan fingerprint density at radius 1 is 1.07 bits per heavy atom. The summed E-state index contributed by atoms with van der Waals surface area (Å²) in [7, 11) is 1.93. The van der Waals surface area contributed by atoms with Crippen molar-refractivity contribution in [3.63, 3.8) is 0 Å². The van der Waals surface area contributed by atoms with Gasteiger partial charge in [0.15, 0.2) is 5.16 Å². The summed E-state index contributed by atoms with van der Waals surface area (Å²) in [6, 6.07) is 15.6. The number of carbonyl (C=O) groups is 1. The van der Waals surface area contributed by atoms with Gasteiger partial charge in [-0.2, -0.15) is 0 Å². The van der Waals surface area contributed by atoms with E-state index in [9.17, 15) is 4.79 Å². The van der Waals surface area contributed by atoms with Crippen LogP contribution in [0, 0.1) is 6.92 Å². The first-order valence-corrected chi connectivity index (χ1v) is 11.2. The molecule has 0 aliphatic rings. The largest absolute Gasteiger partial charge is 0.325 e. The minimum atomic E-state index is -0.0920. The first kappa shape index (κ1) is 20.8. The molecule has 5 nitrogen and oxygen atoms in total. The molecule has 2 aromatic carbocycles. The first-order chi connectivity index (χ1) is 13.5. The van der Waals surface area contributed by atoms with E-state index >= 15 is 0 Å². The van der Waals surface area contributed by atoms with Crippen LogP contribution in [0.1, 0.15) is 17.0 Å². The number of benzene rings is 2. The maximum Gasteiger partial charge on any atom is 0.234 e. The number of aryl methyl sites for hydroxylation is 1. The molecule has 0 fully saturated rings. The van der Waals surface area contributed by atoms with Crippen LogP contribution in [0.4, 0.5) is 5.69 Å². The zero-order valence-electron chi connectivity index (χ0n) is 15.7. The van der Waals surface area contributed by atoms with Gasteiger partial charge in [0.1, 0.15) is 5.82 Å². The van der Waals surface area contributed by atoms with Crippen LogP contribution in [-0.2, 0) is 23.3 Å². The molecule has 1 N–H and O–H groups in total. The monoisotopic (exact) mass is 432 g/mol. The van der Waals surface area contributed by atoms with Gasteiger partial charge in [0, 0.05) is 23.5 Å². The van der Waals surface area contributed by atoms with Crippen molar-refractivity contribution in [2.24, 2.45) is 7.05 Å². The van der Waals surface area contributed by atoms with Gasteiger partial charge in [-0.3, -0.25) is 4.79 Å². The molecule has 1 aromatic heterocycles. The molecule has 1 heterocycles. The zero-order valence-corrected chi connectivity index (χ0v) is 18.1. The summed E-state index contributed by atoms with van der Waals surface area (Å²) in [6.45, 7) is 2.09. The van der Waals surface area contributed by atoms with Crippen molar-refractivity contribution in [2.75, 3.05) is 11.1 Å². The van der Waals surface area contributed by atoms with E-state index in [-0.39, 0.29) is 11.7 Å². The smallest absolute Gasteiger partial charge is 0.234 e. The van der Waals surface area contributed by atoms with Crippen molar-refractivity contribution in [2.45, 2.75) is 23.6 Å². The lowest BCUT2D eigenvalue weighted by molar-refractivity contribution is -0.113. The third-order valence-electron chi connectivity index (χ3n) is 4.01. The number of hydrogen-bond donors (Lipinski definition) is 1. The highest BCUT2D eigenvalue weighted by Gasteiger charge is 2.12. The van der Waals surface area contributed by atoms with Gasteiger partial charge in [0.2, 0.25) is 5.91 Å². The molecule has 8 heteroatoms. The van der Waals surface area contributed by atoms with Crippen LogP contribution in [-0.4, -0.2) is 26.4 Å². The second-order valence-electron chi connectivity index (χ2n) is 6.28. The molecule has 0 radical (unpaired) electrons. The minimum Gasteiger partial charge on any atom is -0.325 e. The fourth-order valence-corrected chi connectivity index (χ4v) is 4.22. The Bertz CT molecular complexity index is 926. The van der Waals surface area contributed by atoms with E-state index in [1.807, 2.05) is 11.6 Å². The zero-order chi connectivity index (χ0) is 19.9. The number of aromatic nitrogens is 3. The summed E-state index contributed by atoms with van der Waals surface area (Å²) in [4.78, 5) is 12.1. The number of nitrogens with zero attached hydrogens (tertiary/aromatic N) is 3. The van der Waals surface area contributed by atoms with Crippen molar-refractivity contribution in [3.8, 4) is 0 Å². The number of anilines is 1. The number of carbonyl (C=O) groups excluding carboxylic acids is 1. The lowest BCUT2D eigenvalue weighted by atomic mass is 10.2. The predicted molar refractivity (Wildman–Crippen MR) is 118 cm³/mol. The van der Waals surface area contributed by atoms with Gasteiger partial charge >= 0.3 is 0 Å². The number of amides is 1. The van der Waals surface area contributed by atoms with Crippen LogP contribution in [0.3, 0.4) is 0 Å². The maximum absolute atomic E-state index is 12.1. The van der Waals surface area contributed by atoms with Crippen molar-refractivity contribution in [1.29, 1.82) is 0 Å². The van der Waals surface area contributed by atoms with Crippen LogP contribution in [0.2, 0.25) is 5.02 Å². The Morgan fingerprint density at radius 3 is 2.50 bits per heavy atom. The summed E-state index contributed by atoms with van der Waals surface area (Å²) < 4.78 is 1.95. The standard InChI is InChI=1S/C20H21ClN4OS2/c1-14-3-5-15(6-4-14)11-27-12-18-23-24-20(25(18)2)28-13-19(26)22-17-9-7-16(21)8-10-17/h3-10H,11-13H2,1-2H3,(H,22,26). The maximum atomic E-state index is 12.1. The average Bonchev–Trinajstić information content (AvgIpc) is 3.03. The van der Waals surface area contributed by atoms with Gasteiger partial charge in [0.05, 0.1) is 11.5 Å². The third-order valence-corrected chi connectivity index (χ3v) is 6.28. The third kappa shape index (κ3) is 6.02. The van der Waals surface area contributed by atoms with Gasteiger partial charge in [-0.1, -0.05) is 53.2 Å². The summed E-state index contributed by atoms with van der Waals surface area (Å²) in [5.74, 6) is 2.78. The molecule has 146 valence electrons. The summed E-state index contributed by atoms with van der Waals surface area (Å²) >= 11 is 9.02. The number of hydrogen-bond acceptors (Lipinski definition) is 5. The molecule has 0 unspecified atom stereocenters. The molecule has 0 bridgehead atoms. The normalized spacial score (nSPS) is 10.8. The first-order valence-electron chi connectivity index (χ1n) is 8.71. The van der Waals surface area contributed by atoms with Crippen molar-refractivity contribution >= 4 is 46.7 Å². The molecule has 0 aliphatic carbocycles. The number of halogens is 1. The molecule has 0 saturated heterocycles. The van der Waals surface area contributed by atoms with E-state index in [0.29, 0.717) is 5.02 Å². The van der Waals surface area contributed by atoms with E-state index < -0.39 is 0 Å². The molecule has 0 spiro atoms. The Kier molecular flexibility index (Phi) is 7.42. The fourth-order valence-electron chi connectivity index (χ4n) is 2.40. The molecule has 28 heavy (non-hydrogen) atoms. The molecule has 0 atom stereocenters. The highest BCUT2D eigenvalue weighted by Crippen LogP contribution is 2.21. The SMILES string of the molecule is Cc1ccc(CSCc2nnc(SCC(=O)Nc3ccc(Cl)cc3)n2C)cc1. The molecule has 1 amide bonds. The molecular weight excluding hydrogens is 412 g/mol. The van der Waals surface area contributed by atoms with Crippen LogP contribution in [0.5, 0.6) is 0 Å². The van der Waals surface area contributed by atoms with Gasteiger partial charge in [-0.25, -0.2) is 0 Å². The highest BCUT2D eigenvalue weighted by molar-refractivity contribution is 7.99. The molecular formula is C20H21ClN4OS2. The second kappa shape index (κ2) is 10.0. The van der Waals surface area contributed by atoms with Gasteiger partial charge in [-0.05, 0) is 36.8 Å². The minimum absolute atomic E-state index is 0.0920. The van der Waals surface area contributed by atoms with E-state index in [0.717, 1.165) is 28.2 Å². The number of rotatable bonds is 8. The Balaban J connectivity index is 1.46. The second-order valence-corrected chi connectivity index (χ2v) is 8.64. The lowest BCUT2D eigenvalue weighted by Crippen LogP contribution is -2.14. The van der Waals surface area contributed by atoms with Crippen molar-refractivity contribution in [3.05, 3.63) is 70.5 Å². The van der Waals surface area contributed by atoms with Crippen LogP contribution in [0.15, 0.2) is 53.7 Å². The van der Waals surface area contributed by atoms with Crippen molar-refractivity contribution in [1.82, 2.24) is 14.8 Å². The number of thioether (sulfide) groups is 2. The summed E-state index contributed by atoms with van der Waals surface area (Å²) in [5.41, 5.74) is 3.29. The van der Waals surface area contributed by atoms with Crippen LogP contribution < -0.4 is 5.32 Å². The number of nitrogens with one attached hydrogen (secondary N) is 1. The lowest BCUT2D eigenvalue weighted by Gasteiger charge is -2.06. The Morgan fingerprint density at radius 2 is 1.79 bits per heavy atom. The van der Waals surface area contributed by atoms with E-state index in [2.05, 4.69) is 46.7 Å². The van der Waals surface area contributed by atoms with Crippen LogP contribution >= 0.6 is 35.1 Å². The fraction of sp³-hybridized carbons (Fsp3) is 0.250. The van der Waals surface area contributed by atoms with Crippen LogP contribution in [0.25, 0.3) is 0 Å². The summed E-state index contributed by atoms with van der Waals surface area (Å²) in [5, 5.41) is 12.7.